The first-order valence-corrected chi connectivity index (χ1v) is 7.68. The summed E-state index contributed by atoms with van der Waals surface area (Å²) in [5, 5.41) is 8.94. The molecule has 0 atom stereocenters. The highest BCUT2D eigenvalue weighted by atomic mass is 32.2. The fourth-order valence-electron chi connectivity index (χ4n) is 2.11. The number of benzene rings is 1. The summed E-state index contributed by atoms with van der Waals surface area (Å²) < 4.78 is 32.4. The third-order valence-electron chi connectivity index (χ3n) is 3.12. The zero-order valence-electron chi connectivity index (χ0n) is 10.7. The van der Waals surface area contributed by atoms with Crippen LogP contribution in [-0.4, -0.2) is 27.2 Å². The smallest absolute Gasteiger partial charge is 0.242 e. The zero-order chi connectivity index (χ0) is 13.9. The topological polar surface area (TPSA) is 79.2 Å². The number of nitriles is 1. The van der Waals surface area contributed by atoms with Crippen LogP contribution >= 0.6 is 0 Å². The lowest BCUT2D eigenvalue weighted by Crippen LogP contribution is -2.47. The van der Waals surface area contributed by atoms with Gasteiger partial charge in [0.15, 0.2) is 0 Å². The van der Waals surface area contributed by atoms with E-state index in [-0.39, 0.29) is 22.6 Å². The third-order valence-corrected chi connectivity index (χ3v) is 4.69. The van der Waals surface area contributed by atoms with Gasteiger partial charge in [-0.15, -0.1) is 0 Å². The maximum Gasteiger partial charge on any atom is 0.242 e. The van der Waals surface area contributed by atoms with Gasteiger partial charge in [-0.05, 0) is 31.9 Å². The van der Waals surface area contributed by atoms with Gasteiger partial charge in [0.05, 0.1) is 16.6 Å². The van der Waals surface area contributed by atoms with Crippen LogP contribution in [0.25, 0.3) is 0 Å². The Kier molecular flexibility index (Phi) is 4.20. The summed E-state index contributed by atoms with van der Waals surface area (Å²) in [5.74, 6) is 0. The molecule has 1 saturated carbocycles. The lowest BCUT2D eigenvalue weighted by atomic mass is 9.90. The molecule has 0 bridgehead atoms. The molecule has 1 fully saturated rings. The highest BCUT2D eigenvalue weighted by Gasteiger charge is 2.33. The van der Waals surface area contributed by atoms with E-state index in [1.54, 1.807) is 12.1 Å². The standard InChI is InChI=1S/C13H16N2O3S/c1-2-18-12-7-11(8-12)15-19(16,17)13-6-4-3-5-10(13)9-14/h3-6,11-12,15H,2,7-8H2,1H3. The summed E-state index contributed by atoms with van der Waals surface area (Å²) in [6.45, 7) is 2.56. The Morgan fingerprint density at radius 3 is 2.74 bits per heavy atom. The van der Waals surface area contributed by atoms with Gasteiger partial charge in [0.25, 0.3) is 0 Å². The van der Waals surface area contributed by atoms with Crippen molar-refractivity contribution in [3.8, 4) is 6.07 Å². The quantitative estimate of drug-likeness (QED) is 0.884. The number of sulfonamides is 1. The molecule has 0 unspecified atom stereocenters. The molecule has 1 aromatic rings. The summed E-state index contributed by atoms with van der Waals surface area (Å²) in [7, 11) is -3.63. The van der Waals surface area contributed by atoms with Crippen molar-refractivity contribution in [3.63, 3.8) is 0 Å². The average molecular weight is 280 g/mol. The largest absolute Gasteiger partial charge is 0.378 e. The molecule has 102 valence electrons. The predicted molar refractivity (Wildman–Crippen MR) is 69.9 cm³/mol. The van der Waals surface area contributed by atoms with Crippen molar-refractivity contribution in [3.05, 3.63) is 29.8 Å². The average Bonchev–Trinajstić information content (AvgIpc) is 2.36. The van der Waals surface area contributed by atoms with Crippen molar-refractivity contribution >= 4 is 10.0 Å². The van der Waals surface area contributed by atoms with Gasteiger partial charge in [0.1, 0.15) is 6.07 Å². The fraction of sp³-hybridized carbons (Fsp3) is 0.462. The van der Waals surface area contributed by atoms with Gasteiger partial charge >= 0.3 is 0 Å². The minimum atomic E-state index is -3.63. The normalized spacial score (nSPS) is 22.5. The van der Waals surface area contributed by atoms with Crippen LogP contribution in [0.5, 0.6) is 0 Å². The summed E-state index contributed by atoms with van der Waals surface area (Å²) in [4.78, 5) is 0.0392. The molecular formula is C13H16N2O3S. The lowest BCUT2D eigenvalue weighted by Gasteiger charge is -2.35. The van der Waals surface area contributed by atoms with Crippen molar-refractivity contribution in [2.45, 2.75) is 36.8 Å². The van der Waals surface area contributed by atoms with E-state index in [4.69, 9.17) is 10.00 Å². The summed E-state index contributed by atoms with van der Waals surface area (Å²) in [6, 6.07) is 7.99. The molecule has 0 spiro atoms. The van der Waals surface area contributed by atoms with Crippen LogP contribution in [0.4, 0.5) is 0 Å². The Morgan fingerprint density at radius 1 is 1.42 bits per heavy atom. The molecule has 5 nitrogen and oxygen atoms in total. The van der Waals surface area contributed by atoms with E-state index in [0.717, 1.165) is 0 Å². The van der Waals surface area contributed by atoms with Gasteiger partial charge in [-0.2, -0.15) is 5.26 Å². The van der Waals surface area contributed by atoms with Crippen molar-refractivity contribution in [1.82, 2.24) is 4.72 Å². The van der Waals surface area contributed by atoms with Crippen LogP contribution in [0.2, 0.25) is 0 Å². The van der Waals surface area contributed by atoms with E-state index in [1.165, 1.54) is 12.1 Å². The van der Waals surface area contributed by atoms with Gasteiger partial charge in [-0.1, -0.05) is 12.1 Å². The van der Waals surface area contributed by atoms with Gasteiger partial charge in [-0.3, -0.25) is 0 Å². The minimum Gasteiger partial charge on any atom is -0.378 e. The van der Waals surface area contributed by atoms with E-state index < -0.39 is 10.0 Å². The van der Waals surface area contributed by atoms with Crippen molar-refractivity contribution < 1.29 is 13.2 Å². The second-order valence-electron chi connectivity index (χ2n) is 4.47. The molecular weight excluding hydrogens is 264 g/mol. The summed E-state index contributed by atoms with van der Waals surface area (Å²) in [5.41, 5.74) is 0.163. The van der Waals surface area contributed by atoms with Gasteiger partial charge in [-0.25, -0.2) is 13.1 Å². The fourth-order valence-corrected chi connectivity index (χ4v) is 3.53. The molecule has 1 aromatic carbocycles. The minimum absolute atomic E-state index is 0.0392. The van der Waals surface area contributed by atoms with Gasteiger partial charge in [0.2, 0.25) is 10.0 Å². The molecule has 2 rings (SSSR count). The van der Waals surface area contributed by atoms with Crippen molar-refractivity contribution in [2.24, 2.45) is 0 Å². The van der Waals surface area contributed by atoms with E-state index in [9.17, 15) is 8.42 Å². The maximum atomic E-state index is 12.2. The van der Waals surface area contributed by atoms with Crippen molar-refractivity contribution in [1.29, 1.82) is 5.26 Å². The van der Waals surface area contributed by atoms with E-state index in [2.05, 4.69) is 4.72 Å². The van der Waals surface area contributed by atoms with E-state index in [1.807, 2.05) is 13.0 Å². The van der Waals surface area contributed by atoms with E-state index in [0.29, 0.717) is 19.4 Å². The summed E-state index contributed by atoms with van der Waals surface area (Å²) >= 11 is 0. The highest BCUT2D eigenvalue weighted by molar-refractivity contribution is 7.89. The number of nitrogens with one attached hydrogen (secondary N) is 1. The van der Waals surface area contributed by atoms with Gasteiger partial charge < -0.3 is 4.74 Å². The zero-order valence-corrected chi connectivity index (χ0v) is 11.5. The molecule has 0 saturated heterocycles. The van der Waals surface area contributed by atoms with Crippen molar-refractivity contribution in [2.75, 3.05) is 6.61 Å². The number of hydrogen-bond acceptors (Lipinski definition) is 4. The van der Waals surface area contributed by atoms with E-state index >= 15 is 0 Å². The Morgan fingerprint density at radius 2 is 2.11 bits per heavy atom. The molecule has 0 amide bonds. The van der Waals surface area contributed by atoms with Crippen LogP contribution in [0.1, 0.15) is 25.3 Å². The number of hydrogen-bond donors (Lipinski definition) is 1. The molecule has 0 aliphatic heterocycles. The third kappa shape index (κ3) is 3.13. The molecule has 1 N–H and O–H groups in total. The Bertz CT molecular complexity index is 586. The molecule has 1 aliphatic rings. The summed E-state index contributed by atoms with van der Waals surface area (Å²) in [6.07, 6.45) is 1.51. The Balaban J connectivity index is 2.06. The first-order valence-electron chi connectivity index (χ1n) is 6.20. The Hall–Kier alpha value is -1.42. The van der Waals surface area contributed by atoms with Crippen LogP contribution in [0.3, 0.4) is 0 Å². The molecule has 6 heteroatoms. The second kappa shape index (κ2) is 5.70. The number of ether oxygens (including phenoxy) is 1. The van der Waals surface area contributed by atoms with Crippen LogP contribution < -0.4 is 4.72 Å². The monoisotopic (exact) mass is 280 g/mol. The molecule has 0 radical (unpaired) electrons. The first-order chi connectivity index (χ1) is 9.06. The number of nitrogens with zero attached hydrogens (tertiary/aromatic N) is 1. The molecule has 0 aromatic heterocycles. The van der Waals surface area contributed by atoms with Gasteiger partial charge in [0, 0.05) is 12.6 Å². The SMILES string of the molecule is CCOC1CC(NS(=O)(=O)c2ccccc2C#N)C1. The van der Waals surface area contributed by atoms with Crippen LogP contribution in [-0.2, 0) is 14.8 Å². The molecule has 0 heterocycles. The first kappa shape index (κ1) is 14.0. The molecule has 1 aliphatic carbocycles. The Labute approximate surface area is 113 Å². The highest BCUT2D eigenvalue weighted by Crippen LogP contribution is 2.25. The van der Waals surface area contributed by atoms with Crippen LogP contribution in [0.15, 0.2) is 29.2 Å². The molecule has 19 heavy (non-hydrogen) atoms. The lowest BCUT2D eigenvalue weighted by molar-refractivity contribution is -0.00475. The number of rotatable bonds is 5. The maximum absolute atomic E-state index is 12.2. The van der Waals surface area contributed by atoms with Crippen LogP contribution in [0, 0.1) is 11.3 Å². The second-order valence-corrected chi connectivity index (χ2v) is 6.16. The predicted octanol–water partition coefficient (Wildman–Crippen LogP) is 1.40.